The molecule has 1 aromatic carbocycles. The van der Waals surface area contributed by atoms with Crippen molar-refractivity contribution in [3.8, 4) is 5.75 Å². The molecule has 1 aliphatic heterocycles. The van der Waals surface area contributed by atoms with Crippen LogP contribution in [0.2, 0.25) is 0 Å². The average Bonchev–Trinajstić information content (AvgIpc) is 3.53. The third-order valence-corrected chi connectivity index (χ3v) is 6.19. The summed E-state index contributed by atoms with van der Waals surface area (Å²) in [6.07, 6.45) is 1.40. The highest BCUT2D eigenvalue weighted by Crippen LogP contribution is 2.44. The first kappa shape index (κ1) is 22.3. The topological polar surface area (TPSA) is 119 Å². The number of ether oxygens (including phenoxy) is 2. The van der Waals surface area contributed by atoms with Gasteiger partial charge in [-0.15, -0.1) is 0 Å². The van der Waals surface area contributed by atoms with E-state index in [1.165, 1.54) is 13.4 Å². The van der Waals surface area contributed by atoms with Gasteiger partial charge in [-0.2, -0.15) is 0 Å². The van der Waals surface area contributed by atoms with Gasteiger partial charge in [0, 0.05) is 5.56 Å². The lowest BCUT2D eigenvalue weighted by Gasteiger charge is -2.20. The molecule has 0 radical (unpaired) electrons. The summed E-state index contributed by atoms with van der Waals surface area (Å²) in [6, 6.07) is 8.64. The molecular formula is C23H20N2O7S. The predicted octanol–water partition coefficient (Wildman–Crippen LogP) is 3.86. The van der Waals surface area contributed by atoms with Crippen molar-refractivity contribution in [1.29, 1.82) is 0 Å². The minimum absolute atomic E-state index is 0.113. The first-order chi connectivity index (χ1) is 15.9. The van der Waals surface area contributed by atoms with E-state index < -0.39 is 23.7 Å². The van der Waals surface area contributed by atoms with E-state index in [2.05, 4.69) is 4.98 Å². The first-order valence-electron chi connectivity index (χ1n) is 10.0. The molecule has 9 nitrogen and oxygen atoms in total. The van der Waals surface area contributed by atoms with Crippen molar-refractivity contribution in [2.45, 2.75) is 19.9 Å². The Labute approximate surface area is 192 Å². The number of furan rings is 1. The first-order valence-corrected chi connectivity index (χ1v) is 10.8. The van der Waals surface area contributed by atoms with Gasteiger partial charge in [-0.3, -0.25) is 14.5 Å². The second-order valence-electron chi connectivity index (χ2n) is 7.04. The number of thiazole rings is 1. The van der Waals surface area contributed by atoms with Gasteiger partial charge >= 0.3 is 11.9 Å². The highest BCUT2D eigenvalue weighted by atomic mass is 32.1. The molecule has 1 fully saturated rings. The summed E-state index contributed by atoms with van der Waals surface area (Å²) in [5.74, 6) is -1.89. The Morgan fingerprint density at radius 1 is 1.24 bits per heavy atom. The Hall–Kier alpha value is -3.92. The number of hydrogen-bond donors (Lipinski definition) is 1. The van der Waals surface area contributed by atoms with Crippen molar-refractivity contribution < 1.29 is 33.4 Å². The number of aryl methyl sites for hydroxylation is 1. The monoisotopic (exact) mass is 468 g/mol. The highest BCUT2D eigenvalue weighted by molar-refractivity contribution is 7.17. The fourth-order valence-electron chi connectivity index (χ4n) is 3.54. The van der Waals surface area contributed by atoms with Crippen LogP contribution in [0.4, 0.5) is 5.13 Å². The maximum Gasteiger partial charge on any atom is 0.350 e. The summed E-state index contributed by atoms with van der Waals surface area (Å²) in [5.41, 5.74) is 0.540. The Balaban J connectivity index is 1.85. The van der Waals surface area contributed by atoms with Crippen molar-refractivity contribution >= 4 is 39.9 Å². The van der Waals surface area contributed by atoms with Gasteiger partial charge < -0.3 is 19.0 Å². The summed E-state index contributed by atoms with van der Waals surface area (Å²) in [6.45, 7) is 3.94. The number of carbonyl (C=O) groups is 3. The summed E-state index contributed by atoms with van der Waals surface area (Å²) in [7, 11) is 1.24. The number of Topliss-reactive ketones (excluding diaryl/α,β-unsaturated/α-hetero) is 1. The van der Waals surface area contributed by atoms with E-state index in [0.717, 1.165) is 16.2 Å². The number of aliphatic hydroxyl groups is 1. The SMILES string of the molecule is CCOc1ccc(/C(O)=C2\C(=O)C(=O)N(c3nc(C)c(C(=O)OC)s3)C2c2ccco2)cc1. The molecule has 170 valence electrons. The maximum absolute atomic E-state index is 13.1. The summed E-state index contributed by atoms with van der Waals surface area (Å²) < 4.78 is 15.7. The fraction of sp³-hybridized carbons (Fsp3) is 0.217. The third-order valence-electron chi connectivity index (χ3n) is 5.06. The molecule has 2 aromatic heterocycles. The average molecular weight is 468 g/mol. The van der Waals surface area contributed by atoms with Gasteiger partial charge in [-0.25, -0.2) is 9.78 Å². The Morgan fingerprint density at radius 3 is 2.58 bits per heavy atom. The zero-order valence-corrected chi connectivity index (χ0v) is 18.8. The molecule has 0 bridgehead atoms. The minimum atomic E-state index is -1.07. The lowest BCUT2D eigenvalue weighted by molar-refractivity contribution is -0.132. The van der Waals surface area contributed by atoms with Crippen LogP contribution in [0.3, 0.4) is 0 Å². The normalized spacial score (nSPS) is 17.4. The van der Waals surface area contributed by atoms with Gasteiger partial charge in [0.25, 0.3) is 5.78 Å². The predicted molar refractivity (Wildman–Crippen MR) is 119 cm³/mol. The molecule has 1 unspecified atom stereocenters. The largest absolute Gasteiger partial charge is 0.507 e. The van der Waals surface area contributed by atoms with Gasteiger partial charge in [0.15, 0.2) is 5.13 Å². The second kappa shape index (κ2) is 8.91. The molecule has 10 heteroatoms. The van der Waals surface area contributed by atoms with Gasteiger partial charge in [0.05, 0.1) is 31.2 Å². The van der Waals surface area contributed by atoms with E-state index in [-0.39, 0.29) is 27.1 Å². The molecule has 0 saturated carbocycles. The zero-order valence-electron chi connectivity index (χ0n) is 18.0. The summed E-state index contributed by atoms with van der Waals surface area (Å²) in [4.78, 5) is 43.8. The molecule has 0 aliphatic carbocycles. The van der Waals surface area contributed by atoms with Crippen LogP contribution in [0, 0.1) is 6.92 Å². The number of hydrogen-bond acceptors (Lipinski definition) is 9. The molecule has 4 rings (SSSR count). The molecule has 3 heterocycles. The zero-order chi connectivity index (χ0) is 23.7. The number of aromatic nitrogens is 1. The standard InChI is InChI=1S/C23H20N2O7S/c1-4-31-14-9-7-13(8-10-14)18(26)16-17(15-6-5-11-32-15)25(21(28)19(16)27)23-24-12(2)20(33-23)22(29)30-3/h5-11,17,26H,4H2,1-3H3/b18-16+. The van der Waals surface area contributed by atoms with Crippen molar-refractivity contribution in [3.05, 3.63) is 70.1 Å². The lowest BCUT2D eigenvalue weighted by atomic mass is 9.99. The number of rotatable bonds is 6. The number of carbonyl (C=O) groups excluding carboxylic acids is 3. The van der Waals surface area contributed by atoms with Crippen molar-refractivity contribution in [1.82, 2.24) is 4.98 Å². The number of amides is 1. The van der Waals surface area contributed by atoms with Gasteiger partial charge in [0.2, 0.25) is 0 Å². The maximum atomic E-state index is 13.1. The fourth-order valence-corrected chi connectivity index (χ4v) is 4.56. The number of ketones is 1. The van der Waals surface area contributed by atoms with E-state index in [1.807, 2.05) is 6.92 Å². The number of aliphatic hydroxyl groups excluding tert-OH is 1. The lowest BCUT2D eigenvalue weighted by Crippen LogP contribution is -2.29. The number of esters is 1. The Morgan fingerprint density at radius 2 is 1.97 bits per heavy atom. The molecule has 1 saturated heterocycles. The van der Waals surface area contributed by atoms with Crippen LogP contribution in [-0.4, -0.2) is 41.5 Å². The van der Waals surface area contributed by atoms with E-state index in [1.54, 1.807) is 43.3 Å². The molecule has 1 atom stereocenters. The van der Waals surface area contributed by atoms with Crippen LogP contribution in [-0.2, 0) is 14.3 Å². The van der Waals surface area contributed by atoms with Crippen LogP contribution < -0.4 is 9.64 Å². The summed E-state index contributed by atoms with van der Waals surface area (Å²) in [5, 5.41) is 11.2. The van der Waals surface area contributed by atoms with E-state index in [4.69, 9.17) is 13.9 Å². The molecule has 1 aliphatic rings. The van der Waals surface area contributed by atoms with E-state index >= 15 is 0 Å². The second-order valence-corrected chi connectivity index (χ2v) is 8.02. The smallest absolute Gasteiger partial charge is 0.350 e. The molecule has 0 spiro atoms. The molecular weight excluding hydrogens is 448 g/mol. The van der Waals surface area contributed by atoms with Gasteiger partial charge in [-0.1, -0.05) is 11.3 Å². The Bertz CT molecular complexity index is 1240. The molecule has 1 N–H and O–H groups in total. The van der Waals surface area contributed by atoms with Gasteiger partial charge in [0.1, 0.15) is 28.2 Å². The minimum Gasteiger partial charge on any atom is -0.507 e. The van der Waals surface area contributed by atoms with E-state index in [0.29, 0.717) is 23.6 Å². The van der Waals surface area contributed by atoms with Crippen molar-refractivity contribution in [2.24, 2.45) is 0 Å². The van der Waals surface area contributed by atoms with Crippen LogP contribution in [0.15, 0.2) is 52.7 Å². The molecule has 33 heavy (non-hydrogen) atoms. The van der Waals surface area contributed by atoms with Crippen molar-refractivity contribution in [2.75, 3.05) is 18.6 Å². The third kappa shape index (κ3) is 3.89. The Kier molecular flexibility index (Phi) is 6.01. The van der Waals surface area contributed by atoms with Gasteiger partial charge in [-0.05, 0) is 50.2 Å². The molecule has 3 aromatic rings. The molecule has 1 amide bonds. The van der Waals surface area contributed by atoms with Crippen LogP contribution in [0.25, 0.3) is 5.76 Å². The number of anilines is 1. The number of nitrogens with zero attached hydrogens (tertiary/aromatic N) is 2. The number of methoxy groups -OCH3 is 1. The quantitative estimate of drug-likeness (QED) is 0.251. The summed E-state index contributed by atoms with van der Waals surface area (Å²) >= 11 is 0.918. The van der Waals surface area contributed by atoms with Crippen LogP contribution in [0.5, 0.6) is 5.75 Å². The van der Waals surface area contributed by atoms with E-state index in [9.17, 15) is 19.5 Å². The van der Waals surface area contributed by atoms with Crippen molar-refractivity contribution in [3.63, 3.8) is 0 Å². The highest BCUT2D eigenvalue weighted by Gasteiger charge is 2.49. The van der Waals surface area contributed by atoms with Crippen LogP contribution >= 0.6 is 11.3 Å². The van der Waals surface area contributed by atoms with Crippen LogP contribution in [0.1, 0.15) is 39.7 Å². The number of benzene rings is 1.